The van der Waals surface area contributed by atoms with Gasteiger partial charge in [0.05, 0.1) is 0 Å². The van der Waals surface area contributed by atoms with E-state index in [2.05, 4.69) is 5.32 Å². The average Bonchev–Trinajstić information content (AvgIpc) is 3.01. The van der Waals surface area contributed by atoms with Crippen molar-refractivity contribution in [1.82, 2.24) is 10.2 Å². The van der Waals surface area contributed by atoms with Crippen LogP contribution in [0.2, 0.25) is 0 Å². The number of aliphatic carboxylic acids is 1. The third kappa shape index (κ3) is 3.93. The fraction of sp³-hybridized carbons (Fsp3) is 0.500. The van der Waals surface area contributed by atoms with Gasteiger partial charge < -0.3 is 15.3 Å². The van der Waals surface area contributed by atoms with Crippen LogP contribution in [-0.2, 0) is 9.59 Å². The summed E-state index contributed by atoms with van der Waals surface area (Å²) in [6.07, 6.45) is 1.12. The number of carbonyl (C=O) groups excluding carboxylic acids is 2. The molecule has 0 aliphatic carbocycles. The first-order valence-corrected chi connectivity index (χ1v) is 8.22. The smallest absolute Gasteiger partial charge is 0.326 e. The van der Waals surface area contributed by atoms with Gasteiger partial charge >= 0.3 is 5.97 Å². The molecule has 1 heterocycles. The molecule has 1 fully saturated rings. The van der Waals surface area contributed by atoms with Gasteiger partial charge in [-0.15, -0.1) is 0 Å². The summed E-state index contributed by atoms with van der Waals surface area (Å²) in [4.78, 5) is 37.9. The van der Waals surface area contributed by atoms with E-state index in [0.717, 1.165) is 5.56 Å². The molecular weight excluding hydrogens is 308 g/mol. The van der Waals surface area contributed by atoms with Gasteiger partial charge in [0.15, 0.2) is 0 Å². The van der Waals surface area contributed by atoms with E-state index in [9.17, 15) is 19.5 Å². The number of amides is 2. The standard InChI is InChI=1S/C18H24N2O4/c1-11(2)15(17(22)20-9-5-8-14(20)18(23)24)19-16(21)13-7-4-6-12(3)10-13/h4,6-7,10-11,14-15H,5,8-9H2,1-3H3,(H,19,21)(H,23,24)/t14-,15-/m0/s1. The van der Waals surface area contributed by atoms with Gasteiger partial charge in [-0.05, 0) is 37.8 Å². The number of benzene rings is 1. The molecule has 24 heavy (non-hydrogen) atoms. The minimum absolute atomic E-state index is 0.138. The van der Waals surface area contributed by atoms with Crippen molar-refractivity contribution in [3.8, 4) is 0 Å². The lowest BCUT2D eigenvalue weighted by Gasteiger charge is -2.29. The van der Waals surface area contributed by atoms with Crippen LogP contribution in [0.25, 0.3) is 0 Å². The Morgan fingerprint density at radius 2 is 2.00 bits per heavy atom. The molecule has 0 saturated carbocycles. The molecule has 6 heteroatoms. The number of carboxylic acid groups (broad SMARTS) is 1. The van der Waals surface area contributed by atoms with Crippen LogP contribution in [0.3, 0.4) is 0 Å². The van der Waals surface area contributed by atoms with E-state index in [0.29, 0.717) is 24.9 Å². The fourth-order valence-corrected chi connectivity index (χ4v) is 2.99. The normalized spacial score (nSPS) is 18.5. The maximum Gasteiger partial charge on any atom is 0.326 e. The van der Waals surface area contributed by atoms with Crippen molar-refractivity contribution in [2.24, 2.45) is 5.92 Å². The number of carboxylic acids is 1. The SMILES string of the molecule is Cc1cccc(C(=O)N[C@H](C(=O)N2CCC[C@H]2C(=O)O)C(C)C)c1. The van der Waals surface area contributed by atoms with Crippen molar-refractivity contribution >= 4 is 17.8 Å². The van der Waals surface area contributed by atoms with Gasteiger partial charge in [0.2, 0.25) is 5.91 Å². The van der Waals surface area contributed by atoms with Gasteiger partial charge in [-0.1, -0.05) is 31.5 Å². The Hall–Kier alpha value is -2.37. The van der Waals surface area contributed by atoms with Crippen molar-refractivity contribution in [1.29, 1.82) is 0 Å². The van der Waals surface area contributed by atoms with Gasteiger partial charge in [0.1, 0.15) is 12.1 Å². The number of aryl methyl sites for hydroxylation is 1. The highest BCUT2D eigenvalue weighted by atomic mass is 16.4. The van der Waals surface area contributed by atoms with Gasteiger partial charge in [-0.25, -0.2) is 4.79 Å². The zero-order chi connectivity index (χ0) is 17.9. The highest BCUT2D eigenvalue weighted by Crippen LogP contribution is 2.20. The summed E-state index contributed by atoms with van der Waals surface area (Å²) in [5, 5.41) is 12.0. The number of nitrogens with one attached hydrogen (secondary N) is 1. The minimum Gasteiger partial charge on any atom is -0.480 e. The lowest BCUT2D eigenvalue weighted by Crippen LogP contribution is -2.53. The Kier molecular flexibility index (Phi) is 5.59. The van der Waals surface area contributed by atoms with Gasteiger partial charge in [0, 0.05) is 12.1 Å². The number of nitrogens with zero attached hydrogens (tertiary/aromatic N) is 1. The Balaban J connectivity index is 2.15. The second kappa shape index (κ2) is 7.47. The lowest BCUT2D eigenvalue weighted by atomic mass is 10.0. The quantitative estimate of drug-likeness (QED) is 0.861. The van der Waals surface area contributed by atoms with Crippen molar-refractivity contribution in [3.63, 3.8) is 0 Å². The monoisotopic (exact) mass is 332 g/mol. The van der Waals surface area contributed by atoms with Crippen LogP contribution in [0, 0.1) is 12.8 Å². The largest absolute Gasteiger partial charge is 0.480 e. The maximum atomic E-state index is 12.8. The molecule has 0 radical (unpaired) electrons. The molecular formula is C18H24N2O4. The zero-order valence-corrected chi connectivity index (χ0v) is 14.3. The van der Waals surface area contributed by atoms with Crippen molar-refractivity contribution in [2.45, 2.75) is 45.7 Å². The molecule has 1 aliphatic heterocycles. The summed E-state index contributed by atoms with van der Waals surface area (Å²) in [6, 6.07) is 5.60. The molecule has 0 unspecified atom stereocenters. The Labute approximate surface area is 141 Å². The van der Waals surface area contributed by atoms with E-state index in [-0.39, 0.29) is 17.7 Å². The number of rotatable bonds is 5. The molecule has 1 aromatic carbocycles. The topological polar surface area (TPSA) is 86.7 Å². The summed E-state index contributed by atoms with van der Waals surface area (Å²) in [6.45, 7) is 5.98. The first kappa shape index (κ1) is 18.0. The molecule has 2 N–H and O–H groups in total. The average molecular weight is 332 g/mol. The number of carbonyl (C=O) groups is 3. The first-order valence-electron chi connectivity index (χ1n) is 8.22. The van der Waals surface area contributed by atoms with Crippen LogP contribution in [-0.4, -0.2) is 46.4 Å². The molecule has 0 spiro atoms. The first-order chi connectivity index (χ1) is 11.3. The predicted octanol–water partition coefficient (Wildman–Crippen LogP) is 1.83. The second-order valence-electron chi connectivity index (χ2n) is 6.59. The summed E-state index contributed by atoms with van der Waals surface area (Å²) in [7, 11) is 0. The van der Waals surface area contributed by atoms with Crippen LogP contribution in [0.4, 0.5) is 0 Å². The molecule has 0 bridgehead atoms. The third-order valence-corrected chi connectivity index (χ3v) is 4.32. The Morgan fingerprint density at radius 1 is 1.29 bits per heavy atom. The summed E-state index contributed by atoms with van der Waals surface area (Å²) in [5.41, 5.74) is 1.45. The molecule has 1 saturated heterocycles. The van der Waals surface area contributed by atoms with Crippen LogP contribution in [0.1, 0.15) is 42.6 Å². The number of hydrogen-bond donors (Lipinski definition) is 2. The second-order valence-corrected chi connectivity index (χ2v) is 6.59. The Bertz CT molecular complexity index is 642. The van der Waals surface area contributed by atoms with Crippen molar-refractivity contribution in [2.75, 3.05) is 6.54 Å². The van der Waals surface area contributed by atoms with Gasteiger partial charge in [-0.2, -0.15) is 0 Å². The molecule has 2 atom stereocenters. The van der Waals surface area contributed by atoms with Crippen molar-refractivity contribution in [3.05, 3.63) is 35.4 Å². The molecule has 0 aromatic heterocycles. The highest BCUT2D eigenvalue weighted by Gasteiger charge is 2.38. The van der Waals surface area contributed by atoms with E-state index >= 15 is 0 Å². The van der Waals surface area contributed by atoms with Gasteiger partial charge in [0.25, 0.3) is 5.91 Å². The molecule has 130 valence electrons. The van der Waals surface area contributed by atoms with E-state index < -0.39 is 18.1 Å². The van der Waals surface area contributed by atoms with Crippen LogP contribution >= 0.6 is 0 Å². The predicted molar refractivity (Wildman–Crippen MR) is 89.6 cm³/mol. The van der Waals surface area contributed by atoms with Gasteiger partial charge in [-0.3, -0.25) is 9.59 Å². The van der Waals surface area contributed by atoms with Crippen LogP contribution in [0.15, 0.2) is 24.3 Å². The minimum atomic E-state index is -0.992. The summed E-state index contributed by atoms with van der Waals surface area (Å²) < 4.78 is 0. The molecule has 6 nitrogen and oxygen atoms in total. The van der Waals surface area contributed by atoms with E-state index in [1.165, 1.54) is 4.90 Å². The van der Waals surface area contributed by atoms with E-state index in [1.54, 1.807) is 18.2 Å². The number of likely N-dealkylation sites (tertiary alicyclic amines) is 1. The number of hydrogen-bond acceptors (Lipinski definition) is 3. The highest BCUT2D eigenvalue weighted by molar-refractivity contribution is 5.98. The molecule has 2 amide bonds. The van der Waals surface area contributed by atoms with Crippen LogP contribution < -0.4 is 5.32 Å². The van der Waals surface area contributed by atoms with Crippen molar-refractivity contribution < 1.29 is 19.5 Å². The summed E-state index contributed by atoms with van der Waals surface area (Å²) in [5.74, 6) is -1.78. The third-order valence-electron chi connectivity index (χ3n) is 4.32. The Morgan fingerprint density at radius 3 is 2.58 bits per heavy atom. The fourth-order valence-electron chi connectivity index (χ4n) is 2.99. The van der Waals surface area contributed by atoms with E-state index in [1.807, 2.05) is 26.8 Å². The maximum absolute atomic E-state index is 12.8. The molecule has 1 aliphatic rings. The van der Waals surface area contributed by atoms with E-state index in [4.69, 9.17) is 0 Å². The van der Waals surface area contributed by atoms with Crippen LogP contribution in [0.5, 0.6) is 0 Å². The zero-order valence-electron chi connectivity index (χ0n) is 14.3. The summed E-state index contributed by atoms with van der Waals surface area (Å²) >= 11 is 0. The molecule has 2 rings (SSSR count). The lowest BCUT2D eigenvalue weighted by molar-refractivity contribution is -0.149. The molecule has 1 aromatic rings.